The normalized spacial score (nSPS) is 47.7. The van der Waals surface area contributed by atoms with E-state index in [0.29, 0.717) is 38.5 Å². The van der Waals surface area contributed by atoms with Crippen molar-refractivity contribution in [3.8, 4) is 0 Å². The van der Waals surface area contributed by atoms with Gasteiger partial charge in [-0.05, 0) is 107 Å². The molecule has 474 valence electrons. The third-order valence-electron chi connectivity index (χ3n) is 20.0. The maximum atomic E-state index is 14.7. The summed E-state index contributed by atoms with van der Waals surface area (Å²) in [5.74, 6) is -4.11. The Kier molecular flexibility index (Phi) is 17.2. The fourth-order valence-corrected chi connectivity index (χ4v) is 17.6. The minimum Gasteiger partial charge on any atom is -0.479 e. The zero-order chi connectivity index (χ0) is 61.5. The van der Waals surface area contributed by atoms with Gasteiger partial charge < -0.3 is 73.9 Å². The van der Waals surface area contributed by atoms with Crippen LogP contribution >= 0.6 is 0 Å². The predicted molar refractivity (Wildman–Crippen MR) is 273 cm³/mol. The van der Waals surface area contributed by atoms with Crippen molar-refractivity contribution in [2.45, 2.75) is 235 Å². The van der Waals surface area contributed by atoms with E-state index in [2.05, 4.69) is 27.5 Å². The first-order valence-corrected chi connectivity index (χ1v) is 31.6. The lowest BCUT2D eigenvalue weighted by Crippen LogP contribution is -2.70. The first-order valence-electron chi connectivity index (χ1n) is 27.5. The van der Waals surface area contributed by atoms with Crippen LogP contribution in [0.25, 0.3) is 0 Å². The maximum absolute atomic E-state index is 14.7. The third kappa shape index (κ3) is 11.5. The Morgan fingerprint density at radius 2 is 1.33 bits per heavy atom. The number of carbonyl (C=O) groups is 3. The highest BCUT2D eigenvalue weighted by molar-refractivity contribution is 7.81. The molecular weight excluding hydrogens is 1170 g/mol. The van der Waals surface area contributed by atoms with Crippen molar-refractivity contribution in [2.75, 3.05) is 6.61 Å². The number of esters is 1. The minimum atomic E-state index is -5.72. The Balaban J connectivity index is 1.04. The number of fused-ring (bicyclic) bond motifs is 4. The lowest BCUT2D eigenvalue weighted by atomic mass is 9.40. The number of ether oxygens (including phenoxy) is 8. The summed E-state index contributed by atoms with van der Waals surface area (Å²) >= 11 is 0. The topological polar surface area (TPSA) is 449 Å². The summed E-state index contributed by atoms with van der Waals surface area (Å²) in [6, 6.07) is -1.90. The van der Waals surface area contributed by atoms with E-state index in [0.717, 1.165) is 25.8 Å². The Morgan fingerprint density at radius 1 is 0.687 bits per heavy atom. The van der Waals surface area contributed by atoms with Crippen LogP contribution in [-0.4, -0.2) is 216 Å². The molecule has 1 amide bonds. The third-order valence-corrected chi connectivity index (χ3v) is 21.4. The summed E-state index contributed by atoms with van der Waals surface area (Å²) < 4.78 is 165. The highest BCUT2D eigenvalue weighted by Gasteiger charge is 2.80. The van der Waals surface area contributed by atoms with Crippen LogP contribution in [0.5, 0.6) is 0 Å². The number of aliphatic hydroxyl groups excluding tert-OH is 5. The van der Waals surface area contributed by atoms with E-state index in [1.54, 1.807) is 0 Å². The Hall–Kier alpha value is -2.72. The van der Waals surface area contributed by atoms with Crippen LogP contribution in [0.15, 0.2) is 11.6 Å². The summed E-state index contributed by atoms with van der Waals surface area (Å²) in [5.41, 5.74) is -3.96. The molecule has 0 aromatic heterocycles. The van der Waals surface area contributed by atoms with Gasteiger partial charge in [0.1, 0.15) is 65.9 Å². The molecule has 5 heterocycles. The summed E-state index contributed by atoms with van der Waals surface area (Å²) in [6.07, 6.45) is -27.6. The molecule has 1 spiro atoms. The number of aliphatic carboxylic acids is 1. The van der Waals surface area contributed by atoms with Gasteiger partial charge in [-0.3, -0.25) is 23.2 Å². The van der Waals surface area contributed by atoms with E-state index in [9.17, 15) is 83.9 Å². The molecule has 0 aromatic carbocycles. The number of hydrogen-bond donors (Lipinski definition) is 10. The van der Waals surface area contributed by atoms with Gasteiger partial charge >= 0.3 is 43.1 Å². The van der Waals surface area contributed by atoms with E-state index in [4.69, 9.17) is 42.1 Å². The average molecular weight is 1250 g/mol. The fourth-order valence-electron chi connectivity index (χ4n) is 16.3. The van der Waals surface area contributed by atoms with Crippen molar-refractivity contribution in [1.29, 1.82) is 0 Å². The number of aliphatic hydroxyl groups is 5. The molecule has 30 nitrogen and oxygen atoms in total. The molecular formula is C50H77NO29S3. The largest absolute Gasteiger partial charge is 0.479 e. The molecule has 0 radical (unpaired) electrons. The number of amides is 1. The monoisotopic (exact) mass is 1250 g/mol. The van der Waals surface area contributed by atoms with Crippen LogP contribution in [-0.2, 0) is 96.0 Å². The van der Waals surface area contributed by atoms with Gasteiger partial charge in [-0.25, -0.2) is 17.3 Å². The molecule has 8 fully saturated rings. The van der Waals surface area contributed by atoms with Gasteiger partial charge in [-0.1, -0.05) is 39.3 Å². The standard InChI is InChI=1S/C50H77NO29S3/c1-20-31(54)32(55)39(80-83(67,68)69)43(71-20)75-37-33(56)38(40(58)59)76-42(34(37)57)74-36-30(51-21(2)52)41(72-24(19-70-81(61,62)63)35(36)79-82(64,65)66)73-28-14-16-47(7)23-18-27(53)50-26(49(9,78-44(50)60)29-13-15-45(3,4)77-29)12-17-48(50,8)22(23)10-11-25(47)46(28,5)6/h18,20,22,24-39,41-43,53-57H,10-17,19H2,1-9H3,(H,51,52)(H,58,59)(H,61,62,63)(H,64,65,66)(H,67,68,69)/t20-,22?,24+,25-,26+,27?,28-,29?,30?,31+,32+,33-,34+,35-,36+,37-,38-,39-,41-,42+,43-,47+,48-,49+,50?/m0/s1. The second-order valence-electron chi connectivity index (χ2n) is 25.6. The van der Waals surface area contributed by atoms with E-state index < -0.39 is 193 Å². The predicted octanol–water partition coefficient (Wildman–Crippen LogP) is -0.606. The molecule has 83 heavy (non-hydrogen) atoms. The number of carbonyl (C=O) groups excluding carboxylic acids is 2. The Labute approximate surface area is 479 Å². The first kappa shape index (κ1) is 64.7. The van der Waals surface area contributed by atoms with Gasteiger partial charge in [-0.15, -0.1) is 0 Å². The van der Waals surface area contributed by atoms with Crippen LogP contribution in [0.1, 0.15) is 114 Å². The van der Waals surface area contributed by atoms with Crippen LogP contribution in [0, 0.1) is 39.4 Å². The number of hydrogen-bond acceptors (Lipinski definition) is 25. The van der Waals surface area contributed by atoms with Crippen LogP contribution in [0.2, 0.25) is 0 Å². The second-order valence-corrected chi connectivity index (χ2v) is 28.8. The number of nitrogens with one attached hydrogen (secondary N) is 1. The molecule has 33 heteroatoms. The summed E-state index contributed by atoms with van der Waals surface area (Å²) in [6.45, 7) is 14.7. The molecule has 0 aromatic rings. The minimum absolute atomic E-state index is 0.165. The zero-order valence-electron chi connectivity index (χ0n) is 47.0. The number of carboxylic acids is 1. The highest BCUT2D eigenvalue weighted by Crippen LogP contribution is 2.76. The summed E-state index contributed by atoms with van der Waals surface area (Å²) in [5, 5.41) is 69.8. The lowest BCUT2D eigenvalue weighted by Gasteiger charge is -2.64. The van der Waals surface area contributed by atoms with E-state index in [1.165, 1.54) is 0 Å². The Bertz CT molecular complexity index is 2890. The molecule has 4 aliphatic carbocycles. The summed E-state index contributed by atoms with van der Waals surface area (Å²) in [4.78, 5) is 40.6. The molecule has 0 bridgehead atoms. The molecule has 5 unspecified atom stereocenters. The van der Waals surface area contributed by atoms with E-state index in [1.807, 2.05) is 40.7 Å². The van der Waals surface area contributed by atoms with Crippen LogP contribution in [0.4, 0.5) is 0 Å². The van der Waals surface area contributed by atoms with Gasteiger partial charge in [-0.2, -0.15) is 25.3 Å². The van der Waals surface area contributed by atoms with E-state index in [-0.39, 0.29) is 30.3 Å². The van der Waals surface area contributed by atoms with E-state index >= 15 is 0 Å². The van der Waals surface area contributed by atoms with Crippen molar-refractivity contribution >= 4 is 49.0 Å². The van der Waals surface area contributed by atoms with Crippen molar-refractivity contribution in [3.63, 3.8) is 0 Å². The van der Waals surface area contributed by atoms with Crippen molar-refractivity contribution < 1.29 is 134 Å². The molecule has 9 rings (SSSR count). The summed E-state index contributed by atoms with van der Waals surface area (Å²) in [7, 11) is -16.6. The van der Waals surface area contributed by atoms with Gasteiger partial charge in [0.15, 0.2) is 31.1 Å². The molecule has 9 aliphatic rings. The smallest absolute Gasteiger partial charge is 0.397 e. The van der Waals surface area contributed by atoms with Crippen molar-refractivity contribution in [2.24, 2.45) is 39.4 Å². The molecule has 5 aliphatic heterocycles. The van der Waals surface area contributed by atoms with Crippen LogP contribution < -0.4 is 5.32 Å². The number of cyclic esters (lactones) is 1. The second kappa shape index (κ2) is 22.1. The average Bonchev–Trinajstić information content (AvgIpc) is 1.67. The lowest BCUT2D eigenvalue weighted by molar-refractivity contribution is -0.368. The van der Waals surface area contributed by atoms with Gasteiger partial charge in [0, 0.05) is 12.8 Å². The van der Waals surface area contributed by atoms with Gasteiger partial charge in [0.25, 0.3) is 0 Å². The first-order chi connectivity index (χ1) is 38.1. The van der Waals surface area contributed by atoms with Gasteiger partial charge in [0.05, 0.1) is 36.6 Å². The fraction of sp³-hybridized carbons (Fsp3) is 0.900. The molecule has 5 saturated heterocycles. The zero-order valence-corrected chi connectivity index (χ0v) is 49.4. The molecule has 25 atom stereocenters. The van der Waals surface area contributed by atoms with Crippen molar-refractivity contribution in [1.82, 2.24) is 5.32 Å². The highest BCUT2D eigenvalue weighted by atomic mass is 32.3. The number of rotatable bonds is 16. The quantitative estimate of drug-likeness (QED) is 0.0399. The Morgan fingerprint density at radius 3 is 1.92 bits per heavy atom. The maximum Gasteiger partial charge on any atom is 0.397 e. The van der Waals surface area contributed by atoms with Crippen molar-refractivity contribution in [3.05, 3.63) is 11.6 Å². The van der Waals surface area contributed by atoms with Crippen LogP contribution in [0.3, 0.4) is 0 Å². The number of carboxylic acid groups (broad SMARTS) is 1. The SMILES string of the molecule is CC(=O)NC1[C@H](O[C@H]2CC[C@]3(C)C4=CC(O)C56C(=O)O[C@@](C)(C7CCC(C)(C)O7)[C@H]5CC[C@@]6(C)C4CC[C@H]3C2(C)C)O[C@H](COS(=O)(=O)O)[C@H](OS(=O)(=O)O)[C@@H]1O[C@@H]1O[C@H](C(=O)O)[C@@H](O)[C@H](O[C@@H]2O[C@@H](C)[C@@H](O)[C@@H](O)[C@@H]2OS(=O)(=O)O)[C@H]1O. The molecule has 3 saturated carbocycles. The number of allylic oxidation sites excluding steroid dienone is 1. The van der Waals surface area contributed by atoms with Gasteiger partial charge in [0.2, 0.25) is 5.91 Å². The molecule has 10 N–H and O–H groups in total.